The van der Waals surface area contributed by atoms with Crippen LogP contribution in [0.5, 0.6) is 0 Å². The zero-order valence-electron chi connectivity index (χ0n) is 10.9. The lowest BCUT2D eigenvalue weighted by atomic mass is 10.3. The molecule has 2 aromatic carbocycles. The molecule has 1 heterocycles. The molecule has 3 rings (SSSR count). The van der Waals surface area contributed by atoms with Crippen molar-refractivity contribution in [2.24, 2.45) is 0 Å². The lowest BCUT2D eigenvalue weighted by molar-refractivity contribution is 0.601. The minimum atomic E-state index is -3.71. The molecule has 0 spiro atoms. The molecule has 0 fully saturated rings. The maximum absolute atomic E-state index is 12.2. The van der Waals surface area contributed by atoms with Crippen LogP contribution in [0.1, 0.15) is 0 Å². The SMILES string of the molecule is N[13c]1[13cH][13cH][13c](S(=O)(=O)Nc2cnc3ccccc3n2)[13cH][13cH]1. The normalized spacial score (nSPS) is 11.4. The predicted octanol–water partition coefficient (Wildman–Crippen LogP) is 2.01. The van der Waals surface area contributed by atoms with Gasteiger partial charge in [-0.05, 0) is 36.4 Å². The number of nitrogens with one attached hydrogen (secondary N) is 1. The van der Waals surface area contributed by atoms with Crippen LogP contribution in [-0.2, 0) is 10.0 Å². The Morgan fingerprint density at radius 2 is 1.62 bits per heavy atom. The van der Waals surface area contributed by atoms with Gasteiger partial charge in [-0.2, -0.15) is 0 Å². The number of hydrogen-bond acceptors (Lipinski definition) is 5. The summed E-state index contributed by atoms with van der Waals surface area (Å²) < 4.78 is 26.9. The van der Waals surface area contributed by atoms with Gasteiger partial charge in [0.25, 0.3) is 10.0 Å². The Hall–Kier alpha value is -2.67. The molecule has 1 aromatic heterocycles. The van der Waals surface area contributed by atoms with Crippen LogP contribution in [0.2, 0.25) is 0 Å². The molecule has 0 aliphatic rings. The third-order valence-corrected chi connectivity index (χ3v) is 4.25. The van der Waals surface area contributed by atoms with Crippen molar-refractivity contribution >= 4 is 32.6 Å². The molecule has 6 nitrogen and oxygen atoms in total. The summed E-state index contributed by atoms with van der Waals surface area (Å²) in [6, 6.07) is 13.2. The summed E-state index contributed by atoms with van der Waals surface area (Å²) in [5, 5.41) is 0. The van der Waals surface area contributed by atoms with Gasteiger partial charge >= 0.3 is 0 Å². The Labute approximate surface area is 121 Å². The van der Waals surface area contributed by atoms with Crippen LogP contribution in [-0.4, -0.2) is 18.4 Å². The fraction of sp³-hybridized carbons (Fsp3) is 0. The first-order chi connectivity index (χ1) is 10.0. The molecule has 0 atom stereocenters. The van der Waals surface area contributed by atoms with Crippen molar-refractivity contribution in [1.29, 1.82) is 0 Å². The standard InChI is InChI=1S/C14H12N4O2S/c15-10-5-7-11(8-6-10)21(19,20)18-14-9-16-12-3-1-2-4-13(12)17-14/h1-9H,15H2,(H,17,18)/i5+1,6+1,7+1,8+1,10+1,11+1. The molecule has 0 bridgehead atoms. The minimum Gasteiger partial charge on any atom is -0.399 e. The third-order valence-electron chi connectivity index (χ3n) is 2.88. The average molecular weight is 306 g/mol. The molecule has 0 radical (unpaired) electrons. The monoisotopic (exact) mass is 306 g/mol. The van der Waals surface area contributed by atoms with E-state index in [1.165, 1.54) is 30.5 Å². The van der Waals surface area contributed by atoms with Crippen LogP contribution in [0.4, 0.5) is 11.5 Å². The molecule has 0 saturated heterocycles. The number of nitrogens with zero attached hydrogens (tertiary/aromatic N) is 2. The van der Waals surface area contributed by atoms with Crippen LogP contribution < -0.4 is 10.5 Å². The average Bonchev–Trinajstić information content (AvgIpc) is 2.47. The van der Waals surface area contributed by atoms with E-state index in [4.69, 9.17) is 5.73 Å². The number of aromatic nitrogens is 2. The highest BCUT2D eigenvalue weighted by Crippen LogP contribution is 2.17. The number of hydrogen-bond donors (Lipinski definition) is 2. The van der Waals surface area contributed by atoms with E-state index in [2.05, 4.69) is 14.7 Å². The Morgan fingerprint density at radius 1 is 0.952 bits per heavy atom. The van der Waals surface area contributed by atoms with Gasteiger partial charge in [0, 0.05) is 5.69 Å². The number of anilines is 2. The van der Waals surface area contributed by atoms with Crippen molar-refractivity contribution in [3.8, 4) is 0 Å². The van der Waals surface area contributed by atoms with Gasteiger partial charge in [-0.15, -0.1) is 0 Å². The summed E-state index contributed by atoms with van der Waals surface area (Å²) in [6.07, 6.45) is 1.39. The molecule has 0 saturated carbocycles. The van der Waals surface area contributed by atoms with Gasteiger partial charge in [-0.3, -0.25) is 9.71 Å². The highest BCUT2D eigenvalue weighted by Gasteiger charge is 2.15. The maximum Gasteiger partial charge on any atom is 0.263 e. The number of fused-ring (bicyclic) bond motifs is 1. The van der Waals surface area contributed by atoms with E-state index in [9.17, 15) is 8.42 Å². The van der Waals surface area contributed by atoms with Crippen LogP contribution >= 0.6 is 0 Å². The molecule has 0 aliphatic carbocycles. The first-order valence-electron chi connectivity index (χ1n) is 6.15. The van der Waals surface area contributed by atoms with Crippen molar-refractivity contribution in [3.63, 3.8) is 0 Å². The van der Waals surface area contributed by atoms with E-state index in [1.54, 1.807) is 12.1 Å². The van der Waals surface area contributed by atoms with Gasteiger partial charge < -0.3 is 5.73 Å². The fourth-order valence-electron chi connectivity index (χ4n) is 1.85. The quantitative estimate of drug-likeness (QED) is 0.721. The van der Waals surface area contributed by atoms with Crippen LogP contribution in [0.25, 0.3) is 11.0 Å². The summed E-state index contributed by atoms with van der Waals surface area (Å²) in [5.41, 5.74) is 7.37. The molecule has 106 valence electrons. The second-order valence-electron chi connectivity index (χ2n) is 4.42. The van der Waals surface area contributed by atoms with Crippen molar-refractivity contribution in [3.05, 3.63) is 54.7 Å². The van der Waals surface area contributed by atoms with Crippen molar-refractivity contribution in [1.82, 2.24) is 9.97 Å². The first-order valence-corrected chi connectivity index (χ1v) is 7.63. The first kappa shape index (κ1) is 13.3. The number of benzene rings is 2. The van der Waals surface area contributed by atoms with Gasteiger partial charge in [0.1, 0.15) is 0 Å². The van der Waals surface area contributed by atoms with Gasteiger partial charge in [-0.1, -0.05) is 12.1 Å². The number of nitrogens with two attached hydrogens (primary N) is 1. The van der Waals surface area contributed by atoms with E-state index in [1.807, 2.05) is 12.1 Å². The minimum absolute atomic E-state index is 0.117. The lowest BCUT2D eigenvalue weighted by Gasteiger charge is -2.08. The number of sulfonamides is 1. The van der Waals surface area contributed by atoms with Gasteiger partial charge in [0.05, 0.1) is 22.1 Å². The van der Waals surface area contributed by atoms with E-state index < -0.39 is 10.0 Å². The zero-order valence-corrected chi connectivity index (χ0v) is 11.7. The Kier molecular flexibility index (Phi) is 3.19. The molecule has 3 N–H and O–H groups in total. The Morgan fingerprint density at radius 3 is 2.33 bits per heavy atom. The predicted molar refractivity (Wildman–Crippen MR) is 81.2 cm³/mol. The second-order valence-corrected chi connectivity index (χ2v) is 6.10. The summed E-state index contributed by atoms with van der Waals surface area (Å²) in [5.74, 6) is 0.172. The van der Waals surface area contributed by atoms with Crippen LogP contribution in [0, 0.1) is 0 Å². The second kappa shape index (κ2) is 5.02. The van der Waals surface area contributed by atoms with Crippen LogP contribution in [0.15, 0.2) is 59.6 Å². The topological polar surface area (TPSA) is 98.0 Å². The highest BCUT2D eigenvalue weighted by molar-refractivity contribution is 7.92. The highest BCUT2D eigenvalue weighted by atomic mass is 32.2. The van der Waals surface area contributed by atoms with Crippen LogP contribution in [0.3, 0.4) is 0 Å². The lowest BCUT2D eigenvalue weighted by Crippen LogP contribution is -2.14. The maximum atomic E-state index is 12.2. The smallest absolute Gasteiger partial charge is 0.263 e. The number of para-hydroxylation sites is 2. The zero-order chi connectivity index (χ0) is 14.9. The van der Waals surface area contributed by atoms with E-state index in [-0.39, 0.29) is 10.7 Å². The van der Waals surface area contributed by atoms with E-state index in [0.717, 1.165) is 0 Å². The molecular formula is C14H12N4O2S. The summed E-state index contributed by atoms with van der Waals surface area (Å²) in [6.45, 7) is 0. The molecule has 0 amide bonds. The summed E-state index contributed by atoms with van der Waals surface area (Å²) in [7, 11) is -3.71. The number of nitrogen functional groups attached to an aromatic ring is 1. The van der Waals surface area contributed by atoms with Crippen molar-refractivity contribution in [2.45, 2.75) is 4.90 Å². The van der Waals surface area contributed by atoms with Crippen molar-refractivity contribution in [2.75, 3.05) is 10.5 Å². The summed E-state index contributed by atoms with van der Waals surface area (Å²) >= 11 is 0. The largest absolute Gasteiger partial charge is 0.399 e. The molecular weight excluding hydrogens is 294 g/mol. The Balaban J connectivity index is 1.95. The molecule has 21 heavy (non-hydrogen) atoms. The van der Waals surface area contributed by atoms with E-state index in [0.29, 0.717) is 16.7 Å². The molecule has 0 unspecified atom stereocenters. The van der Waals surface area contributed by atoms with E-state index >= 15 is 0 Å². The van der Waals surface area contributed by atoms with Crippen molar-refractivity contribution < 1.29 is 8.42 Å². The molecule has 0 aliphatic heterocycles. The third kappa shape index (κ3) is 2.77. The summed E-state index contributed by atoms with van der Waals surface area (Å²) in [4.78, 5) is 8.51. The Bertz CT molecular complexity index is 892. The number of rotatable bonds is 3. The molecule has 3 aromatic rings. The van der Waals surface area contributed by atoms with Gasteiger partial charge in [-0.25, -0.2) is 13.4 Å². The van der Waals surface area contributed by atoms with Gasteiger partial charge in [0.2, 0.25) is 0 Å². The fourth-order valence-corrected chi connectivity index (χ4v) is 2.84. The van der Waals surface area contributed by atoms with Gasteiger partial charge in [0.15, 0.2) is 5.82 Å². The molecule has 7 heteroatoms.